The van der Waals surface area contributed by atoms with Crippen molar-refractivity contribution in [1.29, 1.82) is 0 Å². The Morgan fingerprint density at radius 3 is 2.44 bits per heavy atom. The third-order valence-corrected chi connectivity index (χ3v) is 3.73. The summed E-state index contributed by atoms with van der Waals surface area (Å²) in [5.74, 6) is 0.859. The molecule has 0 amide bonds. The maximum Gasteiger partial charge on any atom is 0.121 e. The molecule has 1 aromatic rings. The van der Waals surface area contributed by atoms with Crippen LogP contribution in [-0.4, -0.2) is 13.2 Å². The number of nitrogens with two attached hydrogens (primary N) is 1. The van der Waals surface area contributed by atoms with Crippen LogP contribution in [0.4, 0.5) is 11.4 Å². The summed E-state index contributed by atoms with van der Waals surface area (Å²) in [6.45, 7) is 0. The first-order valence-electron chi connectivity index (χ1n) is 6.99. The highest BCUT2D eigenvalue weighted by Gasteiger charge is 2.12. The topological polar surface area (TPSA) is 47.3 Å². The molecule has 100 valence electrons. The summed E-state index contributed by atoms with van der Waals surface area (Å²) in [7, 11) is 1.69. The first-order valence-corrected chi connectivity index (χ1v) is 6.99. The van der Waals surface area contributed by atoms with Gasteiger partial charge in [-0.15, -0.1) is 0 Å². The SMILES string of the molecule is COc1ccc(N)c(NC2CCCCCCC2)c1. The van der Waals surface area contributed by atoms with Crippen LogP contribution in [0.25, 0.3) is 0 Å². The molecule has 3 nitrogen and oxygen atoms in total. The number of nitrogens with one attached hydrogen (secondary N) is 1. The molecular weight excluding hydrogens is 224 g/mol. The van der Waals surface area contributed by atoms with Crippen LogP contribution in [0.3, 0.4) is 0 Å². The molecule has 3 N–H and O–H groups in total. The van der Waals surface area contributed by atoms with Crippen LogP contribution in [0.1, 0.15) is 44.9 Å². The molecule has 0 saturated heterocycles. The lowest BCUT2D eigenvalue weighted by Crippen LogP contribution is -2.21. The van der Waals surface area contributed by atoms with Gasteiger partial charge >= 0.3 is 0 Å². The molecule has 0 aliphatic heterocycles. The number of methoxy groups -OCH3 is 1. The fourth-order valence-corrected chi connectivity index (χ4v) is 2.61. The summed E-state index contributed by atoms with van der Waals surface area (Å²) in [6, 6.07) is 6.36. The summed E-state index contributed by atoms with van der Waals surface area (Å²) in [4.78, 5) is 0. The number of benzene rings is 1. The molecule has 0 spiro atoms. The van der Waals surface area contributed by atoms with Gasteiger partial charge in [0.2, 0.25) is 0 Å². The molecule has 1 fully saturated rings. The van der Waals surface area contributed by atoms with Crippen molar-refractivity contribution in [2.75, 3.05) is 18.2 Å². The fraction of sp³-hybridized carbons (Fsp3) is 0.600. The van der Waals surface area contributed by atoms with Crippen LogP contribution in [0.2, 0.25) is 0 Å². The van der Waals surface area contributed by atoms with E-state index in [-0.39, 0.29) is 0 Å². The minimum Gasteiger partial charge on any atom is -0.497 e. The number of hydrogen-bond acceptors (Lipinski definition) is 3. The number of rotatable bonds is 3. The Balaban J connectivity index is 2.02. The van der Waals surface area contributed by atoms with E-state index in [2.05, 4.69) is 5.32 Å². The van der Waals surface area contributed by atoms with Crippen molar-refractivity contribution < 1.29 is 4.74 Å². The van der Waals surface area contributed by atoms with Crippen LogP contribution >= 0.6 is 0 Å². The van der Waals surface area contributed by atoms with E-state index in [1.807, 2.05) is 18.2 Å². The average molecular weight is 248 g/mol. The Morgan fingerprint density at radius 1 is 1.11 bits per heavy atom. The van der Waals surface area contributed by atoms with Crippen LogP contribution in [-0.2, 0) is 0 Å². The first kappa shape index (κ1) is 13.1. The molecule has 2 rings (SSSR count). The number of ether oxygens (including phenoxy) is 1. The summed E-state index contributed by atoms with van der Waals surface area (Å²) >= 11 is 0. The second kappa shape index (κ2) is 6.53. The van der Waals surface area contributed by atoms with Gasteiger partial charge < -0.3 is 15.8 Å². The summed E-state index contributed by atoms with van der Waals surface area (Å²) in [6.07, 6.45) is 9.27. The molecule has 1 aromatic carbocycles. The zero-order chi connectivity index (χ0) is 12.8. The van der Waals surface area contributed by atoms with Gasteiger partial charge in [-0.2, -0.15) is 0 Å². The van der Waals surface area contributed by atoms with Gasteiger partial charge in [-0.1, -0.05) is 32.1 Å². The smallest absolute Gasteiger partial charge is 0.121 e. The van der Waals surface area contributed by atoms with Crippen molar-refractivity contribution in [2.45, 2.75) is 51.0 Å². The lowest BCUT2D eigenvalue weighted by atomic mass is 9.96. The Labute approximate surface area is 110 Å². The fourth-order valence-electron chi connectivity index (χ4n) is 2.61. The molecule has 3 heteroatoms. The number of nitrogen functional groups attached to an aromatic ring is 1. The zero-order valence-corrected chi connectivity index (χ0v) is 11.2. The highest BCUT2D eigenvalue weighted by Crippen LogP contribution is 2.27. The second-order valence-corrected chi connectivity index (χ2v) is 5.14. The van der Waals surface area contributed by atoms with Gasteiger partial charge in [0, 0.05) is 12.1 Å². The van der Waals surface area contributed by atoms with Crippen LogP contribution in [0, 0.1) is 0 Å². The van der Waals surface area contributed by atoms with Gasteiger partial charge in [0.1, 0.15) is 5.75 Å². The quantitative estimate of drug-likeness (QED) is 0.800. The zero-order valence-electron chi connectivity index (χ0n) is 11.2. The largest absolute Gasteiger partial charge is 0.497 e. The third-order valence-electron chi connectivity index (χ3n) is 3.73. The van der Waals surface area contributed by atoms with E-state index in [0.29, 0.717) is 6.04 Å². The highest BCUT2D eigenvalue weighted by molar-refractivity contribution is 5.68. The maximum atomic E-state index is 6.01. The van der Waals surface area contributed by atoms with Crippen molar-refractivity contribution in [3.05, 3.63) is 18.2 Å². The average Bonchev–Trinajstić information content (AvgIpc) is 2.35. The monoisotopic (exact) mass is 248 g/mol. The molecule has 0 unspecified atom stereocenters. The predicted octanol–water partition coefficient (Wildman–Crippen LogP) is 3.80. The number of hydrogen-bond donors (Lipinski definition) is 2. The van der Waals surface area contributed by atoms with Gasteiger partial charge in [-0.25, -0.2) is 0 Å². The molecular formula is C15H24N2O. The lowest BCUT2D eigenvalue weighted by molar-refractivity contribution is 0.415. The molecule has 0 atom stereocenters. The van der Waals surface area contributed by atoms with Gasteiger partial charge in [0.15, 0.2) is 0 Å². The van der Waals surface area contributed by atoms with Crippen molar-refractivity contribution in [3.63, 3.8) is 0 Å². The Morgan fingerprint density at radius 2 is 1.78 bits per heavy atom. The van der Waals surface area contributed by atoms with E-state index in [1.165, 1.54) is 44.9 Å². The number of anilines is 2. The van der Waals surface area contributed by atoms with E-state index in [9.17, 15) is 0 Å². The lowest BCUT2D eigenvalue weighted by Gasteiger charge is -2.23. The Kier molecular flexibility index (Phi) is 4.73. The summed E-state index contributed by atoms with van der Waals surface area (Å²) in [5, 5.41) is 3.59. The Hall–Kier alpha value is -1.38. The molecule has 1 aliphatic rings. The van der Waals surface area contributed by atoms with E-state index in [0.717, 1.165) is 17.1 Å². The highest BCUT2D eigenvalue weighted by atomic mass is 16.5. The molecule has 0 radical (unpaired) electrons. The van der Waals surface area contributed by atoms with Crippen molar-refractivity contribution in [1.82, 2.24) is 0 Å². The second-order valence-electron chi connectivity index (χ2n) is 5.14. The van der Waals surface area contributed by atoms with Crippen molar-refractivity contribution in [3.8, 4) is 5.75 Å². The van der Waals surface area contributed by atoms with Gasteiger partial charge in [-0.05, 0) is 25.0 Å². The summed E-state index contributed by atoms with van der Waals surface area (Å²) < 4.78 is 5.25. The molecule has 1 aliphatic carbocycles. The molecule has 18 heavy (non-hydrogen) atoms. The van der Waals surface area contributed by atoms with Gasteiger partial charge in [-0.3, -0.25) is 0 Å². The molecule has 0 bridgehead atoms. The van der Waals surface area contributed by atoms with Gasteiger partial charge in [0.25, 0.3) is 0 Å². The van der Waals surface area contributed by atoms with E-state index in [4.69, 9.17) is 10.5 Å². The third kappa shape index (κ3) is 3.56. The van der Waals surface area contributed by atoms with Crippen LogP contribution in [0.5, 0.6) is 5.75 Å². The van der Waals surface area contributed by atoms with E-state index in [1.54, 1.807) is 7.11 Å². The van der Waals surface area contributed by atoms with E-state index >= 15 is 0 Å². The minimum atomic E-state index is 0.555. The normalized spacial score (nSPS) is 17.8. The molecule has 0 aromatic heterocycles. The van der Waals surface area contributed by atoms with Crippen LogP contribution in [0.15, 0.2) is 18.2 Å². The molecule has 1 saturated carbocycles. The standard InChI is InChI=1S/C15H24N2O/c1-18-13-9-10-14(16)15(11-13)17-12-7-5-3-2-4-6-8-12/h9-12,17H,2-8,16H2,1H3. The minimum absolute atomic E-state index is 0.555. The predicted molar refractivity (Wildman–Crippen MR) is 77.1 cm³/mol. The van der Waals surface area contributed by atoms with Gasteiger partial charge in [0.05, 0.1) is 18.5 Å². The maximum absolute atomic E-state index is 6.01. The summed E-state index contributed by atoms with van der Waals surface area (Å²) in [5.41, 5.74) is 7.83. The van der Waals surface area contributed by atoms with Crippen molar-refractivity contribution in [2.24, 2.45) is 0 Å². The first-order chi connectivity index (χ1) is 8.79. The molecule has 0 heterocycles. The van der Waals surface area contributed by atoms with Crippen LogP contribution < -0.4 is 15.8 Å². The van der Waals surface area contributed by atoms with E-state index < -0.39 is 0 Å². The Bertz CT molecular complexity index is 371. The van der Waals surface area contributed by atoms with Crippen molar-refractivity contribution >= 4 is 11.4 Å².